The first-order valence-electron chi connectivity index (χ1n) is 6.40. The van der Waals surface area contributed by atoms with E-state index in [4.69, 9.17) is 5.73 Å². The average molecular weight is 288 g/mol. The van der Waals surface area contributed by atoms with Crippen molar-refractivity contribution in [2.75, 3.05) is 13.1 Å². The number of carbonyl (C=O) groups is 1. The number of hydrogen-bond donors (Lipinski definition) is 1. The Morgan fingerprint density at radius 1 is 1.55 bits per heavy atom. The minimum absolute atomic E-state index is 0.203. The van der Waals surface area contributed by atoms with E-state index in [1.807, 2.05) is 0 Å². The molecule has 0 unspecified atom stereocenters. The highest BCUT2D eigenvalue weighted by Crippen LogP contribution is 2.43. The van der Waals surface area contributed by atoms with Crippen molar-refractivity contribution in [3.8, 4) is 0 Å². The van der Waals surface area contributed by atoms with Crippen molar-refractivity contribution in [2.45, 2.75) is 24.6 Å². The van der Waals surface area contributed by atoms with Crippen LogP contribution in [0.25, 0.3) is 0 Å². The molecule has 20 heavy (non-hydrogen) atoms. The highest BCUT2D eigenvalue weighted by atomic mass is 19.4. The van der Waals surface area contributed by atoms with Crippen LogP contribution in [0.5, 0.6) is 0 Å². The molecule has 110 valence electrons. The maximum Gasteiger partial charge on any atom is 0.420 e. The van der Waals surface area contributed by atoms with E-state index < -0.39 is 28.9 Å². The molecule has 1 aromatic rings. The SMILES string of the molecule is Cn1ncc(C(F)(F)F)c1C(=O)N1C[C@@H]2CC[C@]2(N)C1. The Labute approximate surface area is 113 Å². The molecule has 8 heteroatoms. The van der Waals surface area contributed by atoms with Crippen molar-refractivity contribution in [3.63, 3.8) is 0 Å². The minimum atomic E-state index is -4.58. The summed E-state index contributed by atoms with van der Waals surface area (Å²) in [5.74, 6) is -0.439. The van der Waals surface area contributed by atoms with E-state index in [-0.39, 0.29) is 5.92 Å². The molecule has 0 bridgehead atoms. The summed E-state index contributed by atoms with van der Waals surface area (Å²) < 4.78 is 39.7. The number of nitrogens with two attached hydrogens (primary N) is 1. The lowest BCUT2D eigenvalue weighted by Crippen LogP contribution is -2.54. The topological polar surface area (TPSA) is 64.2 Å². The van der Waals surface area contributed by atoms with E-state index in [1.54, 1.807) is 0 Å². The van der Waals surface area contributed by atoms with Gasteiger partial charge in [0.05, 0.1) is 6.20 Å². The predicted octanol–water partition coefficient (Wildman–Crippen LogP) is 1.00. The maximum absolute atomic E-state index is 12.9. The monoisotopic (exact) mass is 288 g/mol. The number of amides is 1. The van der Waals surface area contributed by atoms with Crippen LogP contribution in [0.3, 0.4) is 0 Å². The zero-order valence-electron chi connectivity index (χ0n) is 10.9. The Bertz CT molecular complexity index is 568. The van der Waals surface area contributed by atoms with Crippen molar-refractivity contribution >= 4 is 5.91 Å². The van der Waals surface area contributed by atoms with Gasteiger partial charge in [0.2, 0.25) is 0 Å². The fourth-order valence-electron chi connectivity index (χ4n) is 3.09. The third kappa shape index (κ3) is 1.81. The second-order valence-electron chi connectivity index (χ2n) is 5.68. The summed E-state index contributed by atoms with van der Waals surface area (Å²) in [6, 6.07) is 0. The lowest BCUT2D eigenvalue weighted by molar-refractivity contribution is -0.138. The van der Waals surface area contributed by atoms with Gasteiger partial charge in [-0.15, -0.1) is 0 Å². The number of carbonyl (C=O) groups excluding carboxylic acids is 1. The molecule has 2 aliphatic rings. The standard InChI is InChI=1S/C12H15F3N4O/c1-18-9(8(4-17-18)12(13,14)15)10(20)19-5-7-2-3-11(7,16)6-19/h4,7H,2-3,5-6,16H2,1H3/t7-,11-/m0/s1. The van der Waals surface area contributed by atoms with Gasteiger partial charge in [-0.05, 0) is 18.8 Å². The van der Waals surface area contributed by atoms with E-state index in [9.17, 15) is 18.0 Å². The third-order valence-corrected chi connectivity index (χ3v) is 4.43. The number of alkyl halides is 3. The molecule has 0 spiro atoms. The van der Waals surface area contributed by atoms with Crippen molar-refractivity contribution in [1.29, 1.82) is 0 Å². The molecule has 1 aliphatic carbocycles. The van der Waals surface area contributed by atoms with Crippen LogP contribution >= 0.6 is 0 Å². The molecular weight excluding hydrogens is 273 g/mol. The summed E-state index contributed by atoms with van der Waals surface area (Å²) in [6.45, 7) is 0.747. The molecule has 2 atom stereocenters. The van der Waals surface area contributed by atoms with Crippen LogP contribution in [0.1, 0.15) is 28.9 Å². The quantitative estimate of drug-likeness (QED) is 0.838. The molecule has 0 aromatic carbocycles. The minimum Gasteiger partial charge on any atom is -0.335 e. The second-order valence-corrected chi connectivity index (χ2v) is 5.68. The van der Waals surface area contributed by atoms with Crippen LogP contribution in [0.15, 0.2) is 6.20 Å². The summed E-state index contributed by atoms with van der Waals surface area (Å²) in [5.41, 5.74) is 4.30. The lowest BCUT2D eigenvalue weighted by atomic mass is 9.70. The van der Waals surface area contributed by atoms with Crippen LogP contribution in [-0.2, 0) is 13.2 Å². The third-order valence-electron chi connectivity index (χ3n) is 4.43. The summed E-state index contributed by atoms with van der Waals surface area (Å²) >= 11 is 0. The molecule has 2 fully saturated rings. The van der Waals surface area contributed by atoms with Crippen LogP contribution in [-0.4, -0.2) is 39.2 Å². The molecule has 2 heterocycles. The Balaban J connectivity index is 1.90. The van der Waals surface area contributed by atoms with Gasteiger partial charge < -0.3 is 10.6 Å². The Morgan fingerprint density at radius 3 is 2.70 bits per heavy atom. The zero-order valence-corrected chi connectivity index (χ0v) is 10.9. The zero-order chi connectivity index (χ0) is 14.7. The summed E-state index contributed by atoms with van der Waals surface area (Å²) in [4.78, 5) is 13.8. The lowest BCUT2D eigenvalue weighted by Gasteiger charge is -2.39. The molecule has 0 radical (unpaired) electrons. The fourth-order valence-corrected chi connectivity index (χ4v) is 3.09. The Morgan fingerprint density at radius 2 is 2.25 bits per heavy atom. The van der Waals surface area contributed by atoms with E-state index in [2.05, 4.69) is 5.10 Å². The molecule has 1 saturated heterocycles. The highest BCUT2D eigenvalue weighted by Gasteiger charge is 2.52. The van der Waals surface area contributed by atoms with Gasteiger partial charge >= 0.3 is 6.18 Å². The average Bonchev–Trinajstić information content (AvgIpc) is 2.82. The largest absolute Gasteiger partial charge is 0.420 e. The van der Waals surface area contributed by atoms with Gasteiger partial charge in [0.15, 0.2) is 0 Å². The Hall–Kier alpha value is -1.57. The van der Waals surface area contributed by atoms with E-state index in [1.165, 1.54) is 11.9 Å². The first kappa shape index (κ1) is 13.4. The first-order valence-corrected chi connectivity index (χ1v) is 6.40. The first-order chi connectivity index (χ1) is 9.22. The number of likely N-dealkylation sites (tertiary alicyclic amines) is 1. The molecule has 5 nitrogen and oxygen atoms in total. The van der Waals surface area contributed by atoms with Crippen molar-refractivity contribution in [3.05, 3.63) is 17.5 Å². The number of nitrogens with zero attached hydrogens (tertiary/aromatic N) is 3. The number of aromatic nitrogens is 2. The van der Waals surface area contributed by atoms with E-state index >= 15 is 0 Å². The maximum atomic E-state index is 12.9. The van der Waals surface area contributed by atoms with Gasteiger partial charge in [-0.3, -0.25) is 9.48 Å². The molecule has 1 amide bonds. The van der Waals surface area contributed by atoms with Crippen molar-refractivity contribution < 1.29 is 18.0 Å². The number of hydrogen-bond acceptors (Lipinski definition) is 3. The van der Waals surface area contributed by atoms with Crippen molar-refractivity contribution in [2.24, 2.45) is 18.7 Å². The number of fused-ring (bicyclic) bond motifs is 1. The van der Waals surface area contributed by atoms with Gasteiger partial charge in [0, 0.05) is 25.7 Å². The molecular formula is C12H15F3N4O. The number of halogens is 3. The summed E-state index contributed by atoms with van der Waals surface area (Å²) in [7, 11) is 1.34. The fraction of sp³-hybridized carbons (Fsp3) is 0.667. The molecule has 1 aromatic heterocycles. The van der Waals surface area contributed by atoms with Gasteiger partial charge in [-0.25, -0.2) is 0 Å². The van der Waals surface area contributed by atoms with E-state index in [0.717, 1.165) is 17.5 Å². The number of aryl methyl sites for hydroxylation is 1. The van der Waals surface area contributed by atoms with Crippen molar-refractivity contribution in [1.82, 2.24) is 14.7 Å². The van der Waals surface area contributed by atoms with Gasteiger partial charge in [0.1, 0.15) is 11.3 Å². The van der Waals surface area contributed by atoms with Gasteiger partial charge in [0.25, 0.3) is 5.91 Å². The second kappa shape index (κ2) is 3.97. The van der Waals surface area contributed by atoms with Crippen LogP contribution < -0.4 is 5.73 Å². The molecule has 2 N–H and O–H groups in total. The van der Waals surface area contributed by atoms with Gasteiger partial charge in [-0.1, -0.05) is 0 Å². The van der Waals surface area contributed by atoms with Crippen LogP contribution in [0, 0.1) is 5.92 Å². The predicted molar refractivity (Wildman–Crippen MR) is 63.8 cm³/mol. The normalized spacial score (nSPS) is 29.2. The summed E-state index contributed by atoms with van der Waals surface area (Å²) in [5, 5.41) is 3.56. The smallest absolute Gasteiger partial charge is 0.335 e. The molecule has 1 saturated carbocycles. The highest BCUT2D eigenvalue weighted by molar-refractivity contribution is 5.94. The van der Waals surface area contributed by atoms with Crippen LogP contribution in [0.2, 0.25) is 0 Å². The van der Waals surface area contributed by atoms with E-state index in [0.29, 0.717) is 19.3 Å². The van der Waals surface area contributed by atoms with Gasteiger partial charge in [-0.2, -0.15) is 18.3 Å². The molecule has 1 aliphatic heterocycles. The Kier molecular flexibility index (Phi) is 2.66. The van der Waals surface area contributed by atoms with Crippen LogP contribution in [0.4, 0.5) is 13.2 Å². The number of rotatable bonds is 1. The summed E-state index contributed by atoms with van der Waals surface area (Å²) in [6.07, 6.45) is -2.15. The molecule has 3 rings (SSSR count).